The molecule has 1 amide bonds. The molecule has 148 valence electrons. The number of benzene rings is 1. The second-order valence-electron chi connectivity index (χ2n) is 7.70. The number of thioether (sulfide) groups is 1. The van der Waals surface area contributed by atoms with Gasteiger partial charge in [-0.25, -0.2) is 0 Å². The van der Waals surface area contributed by atoms with E-state index >= 15 is 0 Å². The number of carbonyl (C=O) groups excluding carboxylic acids is 1. The van der Waals surface area contributed by atoms with Crippen LogP contribution >= 0.6 is 23.1 Å². The summed E-state index contributed by atoms with van der Waals surface area (Å²) in [6, 6.07) is 8.37. The molecule has 1 aliphatic rings. The van der Waals surface area contributed by atoms with E-state index in [0.29, 0.717) is 32.1 Å². The predicted molar refractivity (Wildman–Crippen MR) is 111 cm³/mol. The molecule has 7 nitrogen and oxygen atoms in total. The number of rotatable bonds is 4. The zero-order valence-electron chi connectivity index (χ0n) is 16.2. The van der Waals surface area contributed by atoms with Gasteiger partial charge in [0.15, 0.2) is 10.2 Å². The summed E-state index contributed by atoms with van der Waals surface area (Å²) in [5, 5.41) is 13.2. The van der Waals surface area contributed by atoms with Crippen LogP contribution in [0.25, 0.3) is 16.3 Å². The molecule has 0 saturated carbocycles. The van der Waals surface area contributed by atoms with Crippen LogP contribution in [0.4, 0.5) is 0 Å². The van der Waals surface area contributed by atoms with Crippen molar-refractivity contribution in [1.82, 2.24) is 24.7 Å². The molecule has 4 rings (SSSR count). The molecule has 2 aromatic heterocycles. The predicted octanol–water partition coefficient (Wildman–Crippen LogP) is 3.10. The minimum absolute atomic E-state index is 0.107. The van der Waals surface area contributed by atoms with Gasteiger partial charge in [0.25, 0.3) is 0 Å². The van der Waals surface area contributed by atoms with Gasteiger partial charge in [-0.05, 0) is 11.0 Å². The van der Waals surface area contributed by atoms with Gasteiger partial charge in [-0.15, -0.1) is 15.3 Å². The SMILES string of the molecule is CC(C)(C)c1ccc(-c2nnc3sc(SCC(=O)N4CCOCC4)nn23)cc1. The maximum Gasteiger partial charge on any atom is 0.235 e. The van der Waals surface area contributed by atoms with Crippen LogP contribution in [-0.2, 0) is 14.9 Å². The molecule has 0 spiro atoms. The Bertz CT molecular complexity index is 969. The fourth-order valence-corrected chi connectivity index (χ4v) is 4.76. The molecule has 0 unspecified atom stereocenters. The maximum atomic E-state index is 12.3. The van der Waals surface area contributed by atoms with Gasteiger partial charge in [0.2, 0.25) is 10.9 Å². The standard InChI is InChI=1S/C19H23N5O2S2/c1-19(2,3)14-6-4-13(5-7-14)16-20-21-17-24(16)22-18(28-17)27-12-15(25)23-8-10-26-11-9-23/h4-7H,8-12H2,1-3H3. The van der Waals surface area contributed by atoms with Crippen molar-refractivity contribution >= 4 is 34.0 Å². The molecule has 0 N–H and O–H groups in total. The monoisotopic (exact) mass is 417 g/mol. The minimum Gasteiger partial charge on any atom is -0.378 e. The van der Waals surface area contributed by atoms with Crippen LogP contribution in [0.5, 0.6) is 0 Å². The second-order valence-corrected chi connectivity index (χ2v) is 9.87. The summed E-state index contributed by atoms with van der Waals surface area (Å²) >= 11 is 2.90. The Hall–Kier alpha value is -1.97. The first kappa shape index (κ1) is 19.4. The van der Waals surface area contributed by atoms with Gasteiger partial charge in [-0.2, -0.15) is 4.52 Å². The first-order valence-electron chi connectivity index (χ1n) is 9.23. The summed E-state index contributed by atoms with van der Waals surface area (Å²) in [6.45, 7) is 9.14. The van der Waals surface area contributed by atoms with Crippen molar-refractivity contribution in [3.8, 4) is 11.4 Å². The highest BCUT2D eigenvalue weighted by atomic mass is 32.2. The molecule has 3 heterocycles. The van der Waals surface area contributed by atoms with E-state index in [0.717, 1.165) is 20.7 Å². The van der Waals surface area contributed by atoms with Crippen LogP contribution in [0.2, 0.25) is 0 Å². The van der Waals surface area contributed by atoms with Gasteiger partial charge < -0.3 is 9.64 Å². The Morgan fingerprint density at radius 1 is 1.18 bits per heavy atom. The number of hydrogen-bond donors (Lipinski definition) is 0. The van der Waals surface area contributed by atoms with Crippen molar-refractivity contribution in [2.45, 2.75) is 30.5 Å². The van der Waals surface area contributed by atoms with E-state index in [1.807, 2.05) is 4.90 Å². The van der Waals surface area contributed by atoms with Crippen LogP contribution in [0.1, 0.15) is 26.3 Å². The lowest BCUT2D eigenvalue weighted by atomic mass is 9.87. The molecule has 0 atom stereocenters. The molecular formula is C19H23N5O2S2. The summed E-state index contributed by atoms with van der Waals surface area (Å²) in [4.78, 5) is 14.9. The number of fused-ring (bicyclic) bond motifs is 1. The van der Waals surface area contributed by atoms with Crippen molar-refractivity contribution in [2.75, 3.05) is 32.1 Å². The van der Waals surface area contributed by atoms with Crippen LogP contribution in [0.3, 0.4) is 0 Å². The quantitative estimate of drug-likeness (QED) is 0.608. The third-order valence-corrected chi connectivity index (χ3v) is 6.68. The number of ether oxygens (including phenoxy) is 1. The molecule has 0 aliphatic carbocycles. The fraction of sp³-hybridized carbons (Fsp3) is 0.474. The number of amides is 1. The molecule has 1 aromatic carbocycles. The van der Waals surface area contributed by atoms with Crippen LogP contribution < -0.4 is 0 Å². The van der Waals surface area contributed by atoms with Gasteiger partial charge in [0.1, 0.15) is 0 Å². The van der Waals surface area contributed by atoms with E-state index in [1.54, 1.807) is 4.52 Å². The number of aromatic nitrogens is 4. The topological polar surface area (TPSA) is 72.6 Å². The Kier molecular flexibility index (Phi) is 5.39. The molecule has 3 aromatic rings. The molecule has 0 bridgehead atoms. The number of hydrogen-bond acceptors (Lipinski definition) is 7. The van der Waals surface area contributed by atoms with Crippen molar-refractivity contribution in [1.29, 1.82) is 0 Å². The molecule has 0 radical (unpaired) electrons. The van der Waals surface area contributed by atoms with E-state index in [-0.39, 0.29) is 11.3 Å². The summed E-state index contributed by atoms with van der Waals surface area (Å²) in [5.41, 5.74) is 2.36. The van der Waals surface area contributed by atoms with Crippen molar-refractivity contribution in [3.63, 3.8) is 0 Å². The molecule has 1 fully saturated rings. The van der Waals surface area contributed by atoms with E-state index in [2.05, 4.69) is 60.3 Å². The maximum absolute atomic E-state index is 12.3. The smallest absolute Gasteiger partial charge is 0.235 e. The van der Waals surface area contributed by atoms with Crippen molar-refractivity contribution in [2.24, 2.45) is 0 Å². The second kappa shape index (κ2) is 7.81. The van der Waals surface area contributed by atoms with Gasteiger partial charge in [0.05, 0.1) is 19.0 Å². The van der Waals surface area contributed by atoms with E-state index in [9.17, 15) is 4.79 Å². The lowest BCUT2D eigenvalue weighted by molar-refractivity contribution is -0.132. The highest BCUT2D eigenvalue weighted by molar-refractivity contribution is 8.01. The molecule has 9 heteroatoms. The molecule has 28 heavy (non-hydrogen) atoms. The number of morpholine rings is 1. The minimum atomic E-state index is 0.107. The zero-order chi connectivity index (χ0) is 19.7. The third-order valence-electron chi connectivity index (χ3n) is 4.66. The lowest BCUT2D eigenvalue weighted by Crippen LogP contribution is -2.41. The Balaban J connectivity index is 1.48. The Morgan fingerprint density at radius 3 is 2.57 bits per heavy atom. The van der Waals surface area contributed by atoms with Crippen LogP contribution in [-0.4, -0.2) is 62.7 Å². The Labute approximate surface area is 172 Å². The summed E-state index contributed by atoms with van der Waals surface area (Å²) in [7, 11) is 0. The number of carbonyl (C=O) groups is 1. The summed E-state index contributed by atoms with van der Waals surface area (Å²) < 4.78 is 7.87. The van der Waals surface area contributed by atoms with Gasteiger partial charge in [-0.3, -0.25) is 4.79 Å². The first-order valence-corrected chi connectivity index (χ1v) is 11.0. The Morgan fingerprint density at radius 2 is 1.89 bits per heavy atom. The van der Waals surface area contributed by atoms with Gasteiger partial charge in [0, 0.05) is 18.7 Å². The average Bonchev–Trinajstić information content (AvgIpc) is 3.26. The summed E-state index contributed by atoms with van der Waals surface area (Å²) in [6.07, 6.45) is 0. The largest absolute Gasteiger partial charge is 0.378 e. The molecular weight excluding hydrogens is 394 g/mol. The zero-order valence-corrected chi connectivity index (χ0v) is 17.8. The van der Waals surface area contributed by atoms with Crippen LogP contribution in [0.15, 0.2) is 28.6 Å². The molecule has 1 aliphatic heterocycles. The highest BCUT2D eigenvalue weighted by Gasteiger charge is 2.19. The lowest BCUT2D eigenvalue weighted by Gasteiger charge is -2.26. The van der Waals surface area contributed by atoms with E-state index in [1.165, 1.54) is 28.7 Å². The van der Waals surface area contributed by atoms with Crippen molar-refractivity contribution < 1.29 is 9.53 Å². The van der Waals surface area contributed by atoms with Crippen molar-refractivity contribution in [3.05, 3.63) is 29.8 Å². The van der Waals surface area contributed by atoms with Gasteiger partial charge >= 0.3 is 0 Å². The first-order chi connectivity index (χ1) is 13.4. The average molecular weight is 418 g/mol. The van der Waals surface area contributed by atoms with Gasteiger partial charge in [-0.1, -0.05) is 68.1 Å². The van der Waals surface area contributed by atoms with Crippen LogP contribution in [0, 0.1) is 0 Å². The third kappa shape index (κ3) is 4.06. The fourth-order valence-electron chi connectivity index (χ4n) is 2.98. The highest BCUT2D eigenvalue weighted by Crippen LogP contribution is 2.29. The normalized spacial score (nSPS) is 15.3. The summed E-state index contributed by atoms with van der Waals surface area (Å²) in [5.74, 6) is 1.22. The number of nitrogens with zero attached hydrogens (tertiary/aromatic N) is 5. The van der Waals surface area contributed by atoms with E-state index < -0.39 is 0 Å². The van der Waals surface area contributed by atoms with E-state index in [4.69, 9.17) is 4.74 Å². The molecule has 1 saturated heterocycles.